The third kappa shape index (κ3) is 3.96. The molecule has 2 aliphatic rings. The molecule has 3 heterocycles. The topological polar surface area (TPSA) is 50.1 Å². The highest BCUT2D eigenvalue weighted by atomic mass is 15.3. The molecule has 0 aromatic carbocycles. The van der Waals surface area contributed by atoms with Gasteiger partial charge in [0.2, 0.25) is 0 Å². The monoisotopic (exact) mass is 354 g/mol. The molecule has 140 valence electrons. The van der Waals surface area contributed by atoms with E-state index < -0.39 is 0 Å². The summed E-state index contributed by atoms with van der Waals surface area (Å²) >= 11 is 0. The first-order chi connectivity index (χ1) is 12.6. The molecule has 0 unspecified atom stereocenters. The summed E-state index contributed by atoms with van der Waals surface area (Å²) in [6, 6.07) is 6.95. The fourth-order valence-corrected chi connectivity index (χ4v) is 4.00. The quantitative estimate of drug-likeness (QED) is 0.798. The van der Waals surface area contributed by atoms with Crippen LogP contribution >= 0.6 is 0 Å². The number of rotatable bonds is 6. The van der Waals surface area contributed by atoms with Crippen LogP contribution in [0.3, 0.4) is 0 Å². The summed E-state index contributed by atoms with van der Waals surface area (Å²) in [6.45, 7) is 6.12. The van der Waals surface area contributed by atoms with Crippen LogP contribution in [0.2, 0.25) is 0 Å². The lowest BCUT2D eigenvalue weighted by Gasteiger charge is -2.31. The van der Waals surface area contributed by atoms with Crippen LogP contribution in [0.1, 0.15) is 60.7 Å². The number of nitrogens with zero attached hydrogens (tertiary/aromatic N) is 6. The fraction of sp³-hybridized carbons (Fsp3) is 0.650. The van der Waals surface area contributed by atoms with Crippen molar-refractivity contribution < 1.29 is 0 Å². The number of likely N-dealkylation sites (tertiary alicyclic amines) is 1. The average Bonchev–Trinajstić information content (AvgIpc) is 3.36. The Labute approximate surface area is 156 Å². The van der Waals surface area contributed by atoms with Crippen LogP contribution in [0.15, 0.2) is 18.2 Å². The predicted molar refractivity (Wildman–Crippen MR) is 102 cm³/mol. The Morgan fingerprint density at radius 1 is 1.08 bits per heavy atom. The maximum atomic E-state index is 4.65. The molecule has 1 aliphatic carbocycles. The van der Waals surface area contributed by atoms with E-state index in [1.807, 2.05) is 0 Å². The van der Waals surface area contributed by atoms with Gasteiger partial charge in [-0.2, -0.15) is 0 Å². The SMILES string of the molecule is Cc1cccc(CN2CCC(c3nnc(CN(C)C)n3C3CC3)CC2)n1. The molecule has 6 nitrogen and oxygen atoms in total. The number of piperidine rings is 1. The summed E-state index contributed by atoms with van der Waals surface area (Å²) in [7, 11) is 4.20. The summed E-state index contributed by atoms with van der Waals surface area (Å²) in [5.41, 5.74) is 2.28. The van der Waals surface area contributed by atoms with Crippen molar-refractivity contribution in [2.75, 3.05) is 27.2 Å². The summed E-state index contributed by atoms with van der Waals surface area (Å²) in [5.74, 6) is 2.91. The number of hydrogen-bond donors (Lipinski definition) is 0. The molecule has 0 spiro atoms. The van der Waals surface area contributed by atoms with Crippen LogP contribution in [0.5, 0.6) is 0 Å². The van der Waals surface area contributed by atoms with Crippen molar-refractivity contribution in [1.29, 1.82) is 0 Å². The average molecular weight is 355 g/mol. The third-order valence-corrected chi connectivity index (χ3v) is 5.45. The second kappa shape index (κ2) is 7.45. The van der Waals surface area contributed by atoms with Gasteiger partial charge >= 0.3 is 0 Å². The molecule has 1 aliphatic heterocycles. The van der Waals surface area contributed by atoms with Crippen molar-refractivity contribution in [2.45, 2.75) is 57.7 Å². The fourth-order valence-electron chi connectivity index (χ4n) is 4.00. The lowest BCUT2D eigenvalue weighted by Crippen LogP contribution is -2.33. The van der Waals surface area contributed by atoms with Gasteiger partial charge in [-0.25, -0.2) is 0 Å². The smallest absolute Gasteiger partial charge is 0.147 e. The molecule has 0 atom stereocenters. The van der Waals surface area contributed by atoms with Gasteiger partial charge in [0, 0.05) is 24.2 Å². The second-order valence-electron chi connectivity index (χ2n) is 8.13. The summed E-state index contributed by atoms with van der Waals surface area (Å²) in [4.78, 5) is 9.36. The van der Waals surface area contributed by atoms with Crippen molar-refractivity contribution in [3.05, 3.63) is 41.2 Å². The zero-order chi connectivity index (χ0) is 18.1. The number of hydrogen-bond acceptors (Lipinski definition) is 5. The Morgan fingerprint density at radius 3 is 2.50 bits per heavy atom. The van der Waals surface area contributed by atoms with Gasteiger partial charge < -0.3 is 9.47 Å². The van der Waals surface area contributed by atoms with Gasteiger partial charge in [0.15, 0.2) is 0 Å². The molecule has 0 N–H and O–H groups in total. The van der Waals surface area contributed by atoms with E-state index in [1.54, 1.807) is 0 Å². The minimum atomic E-state index is 0.542. The van der Waals surface area contributed by atoms with E-state index in [0.717, 1.165) is 37.7 Å². The van der Waals surface area contributed by atoms with Gasteiger partial charge in [-0.15, -0.1) is 10.2 Å². The van der Waals surface area contributed by atoms with Crippen LogP contribution < -0.4 is 0 Å². The molecule has 2 aromatic heterocycles. The first-order valence-corrected chi connectivity index (χ1v) is 9.83. The predicted octanol–water partition coefficient (Wildman–Crippen LogP) is 2.76. The van der Waals surface area contributed by atoms with Crippen LogP contribution in [-0.4, -0.2) is 56.7 Å². The highest BCUT2D eigenvalue weighted by Gasteiger charge is 2.33. The van der Waals surface area contributed by atoms with Crippen LogP contribution in [0.4, 0.5) is 0 Å². The molecule has 1 saturated carbocycles. The minimum Gasteiger partial charge on any atom is -0.311 e. The van der Waals surface area contributed by atoms with Crippen LogP contribution in [-0.2, 0) is 13.1 Å². The normalized spacial score (nSPS) is 19.4. The van der Waals surface area contributed by atoms with Crippen molar-refractivity contribution in [1.82, 2.24) is 29.5 Å². The molecule has 1 saturated heterocycles. The van der Waals surface area contributed by atoms with Crippen molar-refractivity contribution >= 4 is 0 Å². The Bertz CT molecular complexity index is 741. The van der Waals surface area contributed by atoms with E-state index >= 15 is 0 Å². The molecule has 0 amide bonds. The molecule has 0 bridgehead atoms. The molecule has 2 fully saturated rings. The van der Waals surface area contributed by atoms with Gasteiger partial charge in [-0.1, -0.05) is 6.07 Å². The molecule has 4 rings (SSSR count). The maximum absolute atomic E-state index is 4.65. The molecular formula is C20H30N6. The van der Waals surface area contributed by atoms with Gasteiger partial charge in [0.25, 0.3) is 0 Å². The lowest BCUT2D eigenvalue weighted by molar-refractivity contribution is 0.197. The lowest BCUT2D eigenvalue weighted by atomic mass is 9.95. The Hall–Kier alpha value is -1.79. The zero-order valence-corrected chi connectivity index (χ0v) is 16.2. The van der Waals surface area contributed by atoms with E-state index in [0.29, 0.717) is 12.0 Å². The summed E-state index contributed by atoms with van der Waals surface area (Å²) in [6.07, 6.45) is 4.89. The molecular weight excluding hydrogens is 324 g/mol. The Kier molecular flexibility index (Phi) is 5.05. The van der Waals surface area contributed by atoms with Crippen molar-refractivity contribution in [3.8, 4) is 0 Å². The highest BCUT2D eigenvalue weighted by Crippen LogP contribution is 2.40. The van der Waals surface area contributed by atoms with Crippen LogP contribution in [0, 0.1) is 6.92 Å². The molecule has 2 aromatic rings. The molecule has 26 heavy (non-hydrogen) atoms. The van der Waals surface area contributed by atoms with Crippen molar-refractivity contribution in [3.63, 3.8) is 0 Å². The first kappa shape index (κ1) is 17.6. The third-order valence-electron chi connectivity index (χ3n) is 5.45. The van der Waals surface area contributed by atoms with E-state index in [9.17, 15) is 0 Å². The van der Waals surface area contributed by atoms with Gasteiger partial charge in [0.1, 0.15) is 11.6 Å². The van der Waals surface area contributed by atoms with Gasteiger partial charge in [-0.3, -0.25) is 9.88 Å². The highest BCUT2D eigenvalue weighted by molar-refractivity contribution is 5.11. The second-order valence-corrected chi connectivity index (χ2v) is 8.13. The number of aryl methyl sites for hydroxylation is 1. The van der Waals surface area contributed by atoms with E-state index in [2.05, 4.69) is 68.8 Å². The summed E-state index contributed by atoms with van der Waals surface area (Å²) < 4.78 is 2.46. The maximum Gasteiger partial charge on any atom is 0.147 e. The number of aromatic nitrogens is 4. The van der Waals surface area contributed by atoms with Crippen molar-refractivity contribution in [2.24, 2.45) is 0 Å². The molecule has 6 heteroatoms. The van der Waals surface area contributed by atoms with E-state index in [-0.39, 0.29) is 0 Å². The zero-order valence-electron chi connectivity index (χ0n) is 16.2. The van der Waals surface area contributed by atoms with E-state index in [4.69, 9.17) is 0 Å². The Balaban J connectivity index is 1.41. The number of pyridine rings is 1. The summed E-state index contributed by atoms with van der Waals surface area (Å²) in [5, 5.41) is 9.17. The standard InChI is InChI=1S/C20H30N6/c1-15-5-4-6-17(21-15)13-25-11-9-16(10-12-25)20-23-22-19(14-24(2)3)26(20)18-7-8-18/h4-6,16,18H,7-14H2,1-3H3. The molecule has 0 radical (unpaired) electrons. The minimum absolute atomic E-state index is 0.542. The first-order valence-electron chi connectivity index (χ1n) is 9.83. The largest absolute Gasteiger partial charge is 0.311 e. The van der Waals surface area contributed by atoms with Crippen LogP contribution in [0.25, 0.3) is 0 Å². The van der Waals surface area contributed by atoms with E-state index in [1.165, 1.54) is 37.2 Å². The van der Waals surface area contributed by atoms with Gasteiger partial charge in [-0.05, 0) is 71.9 Å². The van der Waals surface area contributed by atoms with Gasteiger partial charge in [0.05, 0.1) is 12.2 Å². The Morgan fingerprint density at radius 2 is 1.85 bits per heavy atom.